The SMILES string of the molecule is Cc1cc(C#N)ccc1-c1cnnc(NCc2cc(-c3ccc(OCC4CNCCO4)cc3)[nH]n2)n1. The highest BCUT2D eigenvalue weighted by molar-refractivity contribution is 5.65. The Balaban J connectivity index is 1.18. The van der Waals surface area contributed by atoms with Crippen LogP contribution in [0.5, 0.6) is 5.75 Å². The molecular weight excluding hydrogens is 456 g/mol. The second-order valence-corrected chi connectivity index (χ2v) is 8.47. The summed E-state index contributed by atoms with van der Waals surface area (Å²) in [4.78, 5) is 4.57. The van der Waals surface area contributed by atoms with E-state index in [1.165, 1.54) is 0 Å². The normalized spacial score (nSPS) is 15.3. The molecular formula is C26H26N8O2. The summed E-state index contributed by atoms with van der Waals surface area (Å²) in [5.74, 6) is 1.20. The van der Waals surface area contributed by atoms with Crippen molar-refractivity contribution >= 4 is 5.95 Å². The van der Waals surface area contributed by atoms with Crippen LogP contribution in [0, 0.1) is 18.3 Å². The molecule has 1 unspecified atom stereocenters. The number of nitrogens with zero attached hydrogens (tertiary/aromatic N) is 5. The lowest BCUT2D eigenvalue weighted by molar-refractivity contribution is 0.000198. The van der Waals surface area contributed by atoms with Crippen LogP contribution in [0.3, 0.4) is 0 Å². The highest BCUT2D eigenvalue weighted by atomic mass is 16.5. The third-order valence-electron chi connectivity index (χ3n) is 5.85. The summed E-state index contributed by atoms with van der Waals surface area (Å²) < 4.78 is 11.5. The summed E-state index contributed by atoms with van der Waals surface area (Å²) in [6, 6.07) is 17.5. The molecule has 1 fully saturated rings. The van der Waals surface area contributed by atoms with Gasteiger partial charge >= 0.3 is 0 Å². The smallest absolute Gasteiger partial charge is 0.243 e. The number of aromatic amines is 1. The molecule has 4 aromatic rings. The van der Waals surface area contributed by atoms with Gasteiger partial charge in [0.1, 0.15) is 18.5 Å². The molecule has 0 spiro atoms. The molecule has 182 valence electrons. The van der Waals surface area contributed by atoms with Crippen molar-refractivity contribution in [2.45, 2.75) is 19.6 Å². The van der Waals surface area contributed by atoms with E-state index in [0.717, 1.165) is 53.5 Å². The molecule has 3 N–H and O–H groups in total. The van der Waals surface area contributed by atoms with Crippen molar-refractivity contribution in [3.8, 4) is 34.3 Å². The Morgan fingerprint density at radius 1 is 1.19 bits per heavy atom. The molecule has 0 amide bonds. The summed E-state index contributed by atoms with van der Waals surface area (Å²) >= 11 is 0. The number of hydrogen-bond donors (Lipinski definition) is 3. The van der Waals surface area contributed by atoms with Crippen molar-refractivity contribution in [1.29, 1.82) is 5.26 Å². The molecule has 0 aliphatic carbocycles. The van der Waals surface area contributed by atoms with Crippen LogP contribution < -0.4 is 15.4 Å². The maximum atomic E-state index is 9.08. The molecule has 2 aromatic heterocycles. The summed E-state index contributed by atoms with van der Waals surface area (Å²) in [5, 5.41) is 31.2. The molecule has 1 aliphatic heterocycles. The Kier molecular flexibility index (Phi) is 7.12. The molecule has 1 saturated heterocycles. The molecule has 10 nitrogen and oxygen atoms in total. The number of aromatic nitrogens is 5. The zero-order valence-corrected chi connectivity index (χ0v) is 19.9. The van der Waals surface area contributed by atoms with E-state index in [2.05, 4.69) is 42.1 Å². The second-order valence-electron chi connectivity index (χ2n) is 8.47. The first-order chi connectivity index (χ1) is 17.7. The van der Waals surface area contributed by atoms with Crippen molar-refractivity contribution in [1.82, 2.24) is 30.7 Å². The molecule has 0 radical (unpaired) electrons. The number of H-pyrrole nitrogens is 1. The number of benzene rings is 2. The van der Waals surface area contributed by atoms with Crippen molar-refractivity contribution in [2.75, 3.05) is 31.6 Å². The monoisotopic (exact) mass is 482 g/mol. The number of aryl methyl sites for hydroxylation is 1. The number of morpholine rings is 1. The van der Waals surface area contributed by atoms with Gasteiger partial charge in [-0.25, -0.2) is 4.98 Å². The molecule has 1 aliphatic rings. The van der Waals surface area contributed by atoms with E-state index in [4.69, 9.17) is 14.7 Å². The standard InChI is InChI=1S/C26H26N8O2/c1-17-10-18(12-27)2-7-23(17)25-15-30-34-26(31-25)29-13-20-11-24(33-32-20)19-3-5-21(6-4-19)36-16-22-14-28-8-9-35-22/h2-7,10-11,15,22,28H,8-9,13-14,16H2,1H3,(H,32,33)(H,29,31,34). The van der Waals surface area contributed by atoms with Gasteiger partial charge in [-0.3, -0.25) is 5.10 Å². The molecule has 36 heavy (non-hydrogen) atoms. The average molecular weight is 483 g/mol. The maximum Gasteiger partial charge on any atom is 0.243 e. The van der Waals surface area contributed by atoms with Gasteiger partial charge in [-0.1, -0.05) is 6.07 Å². The van der Waals surface area contributed by atoms with Crippen LogP contribution in [0.4, 0.5) is 5.95 Å². The average Bonchev–Trinajstić information content (AvgIpc) is 3.41. The first-order valence-corrected chi connectivity index (χ1v) is 11.7. The molecule has 2 aromatic carbocycles. The highest BCUT2D eigenvalue weighted by Crippen LogP contribution is 2.24. The first-order valence-electron chi connectivity index (χ1n) is 11.7. The predicted molar refractivity (Wildman–Crippen MR) is 134 cm³/mol. The lowest BCUT2D eigenvalue weighted by Crippen LogP contribution is -2.41. The number of nitrogens with one attached hydrogen (secondary N) is 3. The van der Waals surface area contributed by atoms with Crippen LogP contribution >= 0.6 is 0 Å². The lowest BCUT2D eigenvalue weighted by Gasteiger charge is -2.23. The van der Waals surface area contributed by atoms with Gasteiger partial charge in [0.15, 0.2) is 0 Å². The van der Waals surface area contributed by atoms with Gasteiger partial charge < -0.3 is 20.1 Å². The number of anilines is 1. The number of ether oxygens (including phenoxy) is 2. The largest absolute Gasteiger partial charge is 0.491 e. The van der Waals surface area contributed by atoms with Gasteiger partial charge in [-0.15, -0.1) is 5.10 Å². The van der Waals surface area contributed by atoms with Crippen LogP contribution in [0.1, 0.15) is 16.8 Å². The minimum Gasteiger partial charge on any atom is -0.491 e. The second kappa shape index (κ2) is 10.9. The molecule has 0 saturated carbocycles. The molecule has 0 bridgehead atoms. The van der Waals surface area contributed by atoms with E-state index < -0.39 is 0 Å². The van der Waals surface area contributed by atoms with Crippen LogP contribution in [-0.4, -0.2) is 57.8 Å². The van der Waals surface area contributed by atoms with Crippen molar-refractivity contribution in [3.05, 3.63) is 71.5 Å². The minimum absolute atomic E-state index is 0.0779. The summed E-state index contributed by atoms with van der Waals surface area (Å²) in [5.41, 5.74) is 5.88. The molecule has 10 heteroatoms. The van der Waals surface area contributed by atoms with Gasteiger partial charge in [0.2, 0.25) is 5.95 Å². The summed E-state index contributed by atoms with van der Waals surface area (Å²) in [7, 11) is 0. The Morgan fingerprint density at radius 2 is 2.08 bits per heavy atom. The summed E-state index contributed by atoms with van der Waals surface area (Å²) in [6.07, 6.45) is 1.69. The molecule has 3 heterocycles. The van der Waals surface area contributed by atoms with Crippen LogP contribution in [-0.2, 0) is 11.3 Å². The van der Waals surface area contributed by atoms with Crippen molar-refractivity contribution < 1.29 is 9.47 Å². The first kappa shape index (κ1) is 23.4. The van der Waals surface area contributed by atoms with Gasteiger partial charge in [-0.05, 0) is 60.5 Å². The Bertz CT molecular complexity index is 1360. The van der Waals surface area contributed by atoms with Gasteiger partial charge in [0, 0.05) is 18.7 Å². The van der Waals surface area contributed by atoms with E-state index in [1.54, 1.807) is 12.3 Å². The van der Waals surface area contributed by atoms with Gasteiger partial charge in [0.25, 0.3) is 0 Å². The fourth-order valence-corrected chi connectivity index (χ4v) is 3.95. The number of nitriles is 1. The lowest BCUT2D eigenvalue weighted by atomic mass is 10.0. The summed E-state index contributed by atoms with van der Waals surface area (Å²) in [6.45, 7) is 5.32. The zero-order valence-electron chi connectivity index (χ0n) is 19.9. The van der Waals surface area contributed by atoms with Crippen LogP contribution in [0.2, 0.25) is 0 Å². The fourth-order valence-electron chi connectivity index (χ4n) is 3.95. The fraction of sp³-hybridized carbons (Fsp3) is 0.269. The topological polar surface area (TPSA) is 134 Å². The molecule has 5 rings (SSSR count). The number of hydrogen-bond acceptors (Lipinski definition) is 9. The van der Waals surface area contributed by atoms with Gasteiger partial charge in [-0.2, -0.15) is 15.5 Å². The van der Waals surface area contributed by atoms with E-state index in [-0.39, 0.29) is 6.10 Å². The van der Waals surface area contributed by atoms with Gasteiger partial charge in [0.05, 0.1) is 48.1 Å². The molecule has 1 atom stereocenters. The minimum atomic E-state index is 0.0779. The van der Waals surface area contributed by atoms with E-state index in [0.29, 0.717) is 30.4 Å². The van der Waals surface area contributed by atoms with Crippen molar-refractivity contribution in [2.24, 2.45) is 0 Å². The van der Waals surface area contributed by atoms with Crippen LogP contribution in [0.25, 0.3) is 22.5 Å². The Labute approximate surface area is 208 Å². The number of rotatable bonds is 8. The Morgan fingerprint density at radius 3 is 2.86 bits per heavy atom. The van der Waals surface area contributed by atoms with Crippen LogP contribution in [0.15, 0.2) is 54.7 Å². The highest BCUT2D eigenvalue weighted by Gasteiger charge is 2.14. The third kappa shape index (κ3) is 5.66. The quantitative estimate of drug-likeness (QED) is 0.346. The van der Waals surface area contributed by atoms with E-state index in [9.17, 15) is 0 Å². The predicted octanol–water partition coefficient (Wildman–Crippen LogP) is 3.09. The Hall–Kier alpha value is -4.33. The zero-order chi connectivity index (χ0) is 24.7. The van der Waals surface area contributed by atoms with E-state index in [1.807, 2.05) is 49.4 Å². The van der Waals surface area contributed by atoms with E-state index >= 15 is 0 Å². The maximum absolute atomic E-state index is 9.08. The third-order valence-corrected chi connectivity index (χ3v) is 5.85. The van der Waals surface area contributed by atoms with Crippen molar-refractivity contribution in [3.63, 3.8) is 0 Å².